The van der Waals surface area contributed by atoms with Gasteiger partial charge >= 0.3 is 0 Å². The molecule has 1 aliphatic heterocycles. The van der Waals surface area contributed by atoms with E-state index in [9.17, 15) is 8.42 Å². The molecule has 1 aromatic heterocycles. The van der Waals surface area contributed by atoms with Gasteiger partial charge in [0.05, 0.1) is 10.6 Å². The van der Waals surface area contributed by atoms with E-state index in [1.165, 1.54) is 7.05 Å². The number of hydrogen-bond donors (Lipinski definition) is 1. The highest BCUT2D eigenvalue weighted by molar-refractivity contribution is 7.89. The summed E-state index contributed by atoms with van der Waals surface area (Å²) in [5, 5.41) is 0. The summed E-state index contributed by atoms with van der Waals surface area (Å²) >= 11 is 0. The van der Waals surface area contributed by atoms with Gasteiger partial charge in [0.2, 0.25) is 16.0 Å². The molecule has 4 rings (SSSR count). The van der Waals surface area contributed by atoms with E-state index in [4.69, 9.17) is 9.97 Å². The molecular weight excluding hydrogens is 336 g/mol. The van der Waals surface area contributed by atoms with Crippen LogP contribution in [0, 0.1) is 0 Å². The number of fused-ring (bicyclic) bond motifs is 1. The molecule has 2 heterocycles. The maximum absolute atomic E-state index is 12.1. The highest BCUT2D eigenvalue weighted by Gasteiger charge is 2.29. The van der Waals surface area contributed by atoms with E-state index >= 15 is 0 Å². The van der Waals surface area contributed by atoms with Gasteiger partial charge in [-0.15, -0.1) is 0 Å². The first-order valence-corrected chi connectivity index (χ1v) is 10.2. The van der Waals surface area contributed by atoms with E-state index in [-0.39, 0.29) is 4.90 Å². The Kier molecular flexibility index (Phi) is 4.00. The van der Waals surface area contributed by atoms with Crippen LogP contribution in [0.3, 0.4) is 0 Å². The number of nitrogens with zero attached hydrogens (tertiary/aromatic N) is 3. The predicted octanol–water partition coefficient (Wildman–Crippen LogP) is 2.14. The summed E-state index contributed by atoms with van der Waals surface area (Å²) in [6.07, 6.45) is 4.15. The maximum atomic E-state index is 12.1. The quantitative estimate of drug-likeness (QED) is 0.906. The topological polar surface area (TPSA) is 75.2 Å². The molecule has 1 aromatic carbocycles. The van der Waals surface area contributed by atoms with E-state index in [0.717, 1.165) is 60.7 Å². The van der Waals surface area contributed by atoms with Gasteiger partial charge in [0.15, 0.2) is 0 Å². The summed E-state index contributed by atoms with van der Waals surface area (Å²) in [5.41, 5.74) is 3.99. The minimum atomic E-state index is -3.48. The largest absolute Gasteiger partial charge is 0.338 e. The van der Waals surface area contributed by atoms with Crippen molar-refractivity contribution in [2.75, 3.05) is 18.5 Å². The fourth-order valence-corrected chi connectivity index (χ4v) is 4.30. The lowest BCUT2D eigenvalue weighted by Crippen LogP contribution is -2.46. The number of hydrogen-bond acceptors (Lipinski definition) is 5. The standard InChI is InChI=1S/C18H22N4O2S/c1-12-9-10-22(12)18-20-16-8-4-7-15(16)17(21-18)13-5-3-6-14(11-13)25(23,24)19-2/h3,5-6,11-12,19H,4,7-10H2,1-2H3/t12-/m0/s1. The predicted molar refractivity (Wildman–Crippen MR) is 97.2 cm³/mol. The second-order valence-corrected chi connectivity index (χ2v) is 8.60. The van der Waals surface area contributed by atoms with Gasteiger partial charge < -0.3 is 4.90 Å². The fourth-order valence-electron chi connectivity index (χ4n) is 3.53. The number of aromatic nitrogens is 2. The van der Waals surface area contributed by atoms with Crippen molar-refractivity contribution in [1.29, 1.82) is 0 Å². The van der Waals surface area contributed by atoms with Gasteiger partial charge in [-0.1, -0.05) is 12.1 Å². The lowest BCUT2D eigenvalue weighted by molar-refractivity contribution is 0.470. The van der Waals surface area contributed by atoms with Crippen LogP contribution >= 0.6 is 0 Å². The summed E-state index contributed by atoms with van der Waals surface area (Å²) in [6.45, 7) is 3.16. The number of anilines is 1. The molecule has 132 valence electrons. The van der Waals surface area contributed by atoms with Crippen molar-refractivity contribution >= 4 is 16.0 Å². The molecule has 1 atom stereocenters. The molecule has 1 aliphatic carbocycles. The molecule has 0 spiro atoms. The Morgan fingerprint density at radius 2 is 2.08 bits per heavy atom. The van der Waals surface area contributed by atoms with Gasteiger partial charge in [-0.3, -0.25) is 0 Å². The second kappa shape index (κ2) is 6.07. The van der Waals surface area contributed by atoms with Crippen LogP contribution in [0.5, 0.6) is 0 Å². The van der Waals surface area contributed by atoms with Crippen molar-refractivity contribution in [3.8, 4) is 11.3 Å². The van der Waals surface area contributed by atoms with E-state index in [1.807, 2.05) is 6.07 Å². The first kappa shape index (κ1) is 16.5. The van der Waals surface area contributed by atoms with E-state index < -0.39 is 10.0 Å². The third-order valence-corrected chi connectivity index (χ3v) is 6.60. The lowest BCUT2D eigenvalue weighted by atomic mass is 10.0. The molecule has 1 fully saturated rings. The molecule has 0 amide bonds. The molecule has 0 radical (unpaired) electrons. The van der Waals surface area contributed by atoms with Crippen LogP contribution in [0.4, 0.5) is 5.95 Å². The van der Waals surface area contributed by atoms with Crippen molar-refractivity contribution in [2.24, 2.45) is 0 Å². The highest BCUT2D eigenvalue weighted by atomic mass is 32.2. The fraction of sp³-hybridized carbons (Fsp3) is 0.444. The Balaban J connectivity index is 1.84. The van der Waals surface area contributed by atoms with E-state index in [2.05, 4.69) is 16.5 Å². The normalized spacial score (nSPS) is 19.6. The SMILES string of the molecule is CNS(=O)(=O)c1cccc(-c2nc(N3CC[C@@H]3C)nc3c2CCC3)c1. The third kappa shape index (κ3) is 2.81. The minimum absolute atomic E-state index is 0.261. The lowest BCUT2D eigenvalue weighted by Gasteiger charge is -2.39. The summed E-state index contributed by atoms with van der Waals surface area (Å²) < 4.78 is 26.7. The average Bonchev–Trinajstić information content (AvgIpc) is 3.08. The van der Waals surface area contributed by atoms with Crippen LogP contribution in [0.25, 0.3) is 11.3 Å². The van der Waals surface area contributed by atoms with Crippen LogP contribution in [-0.4, -0.2) is 38.0 Å². The van der Waals surface area contributed by atoms with Crippen molar-refractivity contribution in [3.05, 3.63) is 35.5 Å². The molecule has 0 bridgehead atoms. The zero-order valence-corrected chi connectivity index (χ0v) is 15.3. The average molecular weight is 358 g/mol. The summed E-state index contributed by atoms with van der Waals surface area (Å²) in [6, 6.07) is 7.47. The molecule has 1 N–H and O–H groups in total. The first-order valence-electron chi connectivity index (χ1n) is 8.70. The molecule has 7 heteroatoms. The van der Waals surface area contributed by atoms with Gasteiger partial charge in [0.25, 0.3) is 0 Å². The third-order valence-electron chi connectivity index (χ3n) is 5.18. The monoisotopic (exact) mass is 358 g/mol. The molecular formula is C18H22N4O2S. The molecule has 0 saturated carbocycles. The van der Waals surface area contributed by atoms with Crippen molar-refractivity contribution in [1.82, 2.24) is 14.7 Å². The van der Waals surface area contributed by atoms with Crippen molar-refractivity contribution < 1.29 is 8.42 Å². The second-order valence-electron chi connectivity index (χ2n) is 6.72. The number of nitrogens with one attached hydrogen (secondary N) is 1. The Morgan fingerprint density at radius 1 is 1.24 bits per heavy atom. The van der Waals surface area contributed by atoms with Crippen LogP contribution in [0.2, 0.25) is 0 Å². The number of aryl methyl sites for hydroxylation is 1. The van der Waals surface area contributed by atoms with Gasteiger partial charge in [0.1, 0.15) is 0 Å². The van der Waals surface area contributed by atoms with E-state index in [1.54, 1.807) is 18.2 Å². The molecule has 1 saturated heterocycles. The highest BCUT2D eigenvalue weighted by Crippen LogP contribution is 2.34. The van der Waals surface area contributed by atoms with Gasteiger partial charge in [-0.2, -0.15) is 0 Å². The molecule has 25 heavy (non-hydrogen) atoms. The van der Waals surface area contributed by atoms with Gasteiger partial charge in [-0.05, 0) is 51.8 Å². The van der Waals surface area contributed by atoms with Crippen LogP contribution in [-0.2, 0) is 22.9 Å². The Morgan fingerprint density at radius 3 is 2.76 bits per heavy atom. The van der Waals surface area contributed by atoms with Crippen LogP contribution in [0.15, 0.2) is 29.2 Å². The minimum Gasteiger partial charge on any atom is -0.338 e. The number of benzene rings is 1. The molecule has 2 aliphatic rings. The maximum Gasteiger partial charge on any atom is 0.240 e. The zero-order valence-electron chi connectivity index (χ0n) is 14.5. The Bertz CT molecular complexity index is 927. The van der Waals surface area contributed by atoms with E-state index in [0.29, 0.717) is 6.04 Å². The molecule has 2 aromatic rings. The van der Waals surface area contributed by atoms with Gasteiger partial charge in [-0.25, -0.2) is 23.1 Å². The zero-order chi connectivity index (χ0) is 17.6. The number of rotatable bonds is 4. The van der Waals surface area contributed by atoms with Crippen molar-refractivity contribution in [2.45, 2.75) is 43.5 Å². The summed E-state index contributed by atoms with van der Waals surface area (Å²) in [7, 11) is -2.05. The summed E-state index contributed by atoms with van der Waals surface area (Å²) in [4.78, 5) is 12.1. The Labute approximate surface area is 148 Å². The van der Waals surface area contributed by atoms with Crippen LogP contribution in [0.1, 0.15) is 31.0 Å². The smallest absolute Gasteiger partial charge is 0.240 e. The molecule has 6 nitrogen and oxygen atoms in total. The summed E-state index contributed by atoms with van der Waals surface area (Å²) in [5.74, 6) is 0.774. The first-order chi connectivity index (χ1) is 12.0. The van der Waals surface area contributed by atoms with Crippen LogP contribution < -0.4 is 9.62 Å². The Hall–Kier alpha value is -1.99. The molecule has 0 unspecified atom stereocenters. The van der Waals surface area contributed by atoms with Gasteiger partial charge in [0, 0.05) is 29.4 Å². The van der Waals surface area contributed by atoms with Crippen molar-refractivity contribution in [3.63, 3.8) is 0 Å². The number of sulfonamides is 1.